The Hall–Kier alpha value is -1.27. The molecule has 0 aliphatic heterocycles. The first-order valence-corrected chi connectivity index (χ1v) is 4.75. The van der Waals surface area contributed by atoms with Gasteiger partial charge in [-0.2, -0.15) is 13.2 Å². The third kappa shape index (κ3) is 5.57. The van der Waals surface area contributed by atoms with Crippen molar-refractivity contribution in [2.75, 3.05) is 6.54 Å². The van der Waals surface area contributed by atoms with Gasteiger partial charge in [-0.3, -0.25) is 9.59 Å². The van der Waals surface area contributed by atoms with Gasteiger partial charge in [0.2, 0.25) is 5.91 Å². The minimum Gasteiger partial charge on any atom is -0.480 e. The Morgan fingerprint density at radius 2 is 1.88 bits per heavy atom. The summed E-state index contributed by atoms with van der Waals surface area (Å²) in [5.74, 6) is -2.53. The number of rotatable bonds is 5. The van der Waals surface area contributed by atoms with E-state index in [0.29, 0.717) is 6.42 Å². The fraction of sp³-hybridized carbons (Fsp3) is 0.778. The van der Waals surface area contributed by atoms with Crippen LogP contribution in [0.4, 0.5) is 13.2 Å². The Bertz CT molecular complexity index is 265. The highest BCUT2D eigenvalue weighted by molar-refractivity contribution is 5.82. The SMILES string of the molecule is CCC(C)N(CC(=O)O)C(=O)CC(F)(F)F. The lowest BCUT2D eigenvalue weighted by molar-refractivity contribution is -0.165. The highest BCUT2D eigenvalue weighted by Crippen LogP contribution is 2.21. The zero-order valence-corrected chi connectivity index (χ0v) is 9.04. The highest BCUT2D eigenvalue weighted by atomic mass is 19.4. The van der Waals surface area contributed by atoms with Crippen LogP contribution in [0.15, 0.2) is 0 Å². The van der Waals surface area contributed by atoms with Crippen molar-refractivity contribution in [1.82, 2.24) is 4.90 Å². The van der Waals surface area contributed by atoms with E-state index in [-0.39, 0.29) is 0 Å². The Morgan fingerprint density at radius 3 is 2.19 bits per heavy atom. The largest absolute Gasteiger partial charge is 0.480 e. The second-order valence-corrected chi connectivity index (χ2v) is 3.46. The summed E-state index contributed by atoms with van der Waals surface area (Å²) >= 11 is 0. The molecule has 1 unspecified atom stereocenters. The molecule has 0 heterocycles. The van der Waals surface area contributed by atoms with Crippen LogP contribution in [0.3, 0.4) is 0 Å². The number of hydrogen-bond acceptors (Lipinski definition) is 2. The van der Waals surface area contributed by atoms with Gasteiger partial charge in [0.1, 0.15) is 13.0 Å². The average molecular weight is 241 g/mol. The van der Waals surface area contributed by atoms with Gasteiger partial charge < -0.3 is 10.0 Å². The van der Waals surface area contributed by atoms with Crippen LogP contribution < -0.4 is 0 Å². The molecule has 0 rings (SSSR count). The summed E-state index contributed by atoms with van der Waals surface area (Å²) in [4.78, 5) is 22.4. The number of carboxylic acids is 1. The monoisotopic (exact) mass is 241 g/mol. The van der Waals surface area contributed by atoms with Gasteiger partial charge in [-0.05, 0) is 13.3 Å². The molecule has 0 saturated carbocycles. The number of amides is 1. The topological polar surface area (TPSA) is 57.6 Å². The van der Waals surface area contributed by atoms with Gasteiger partial charge in [-0.1, -0.05) is 6.92 Å². The van der Waals surface area contributed by atoms with Crippen LogP contribution >= 0.6 is 0 Å². The number of halogens is 3. The Morgan fingerprint density at radius 1 is 1.38 bits per heavy atom. The van der Waals surface area contributed by atoms with Gasteiger partial charge in [0.25, 0.3) is 0 Å². The van der Waals surface area contributed by atoms with E-state index >= 15 is 0 Å². The van der Waals surface area contributed by atoms with Crippen molar-refractivity contribution in [1.29, 1.82) is 0 Å². The molecule has 0 aromatic carbocycles. The lowest BCUT2D eigenvalue weighted by Crippen LogP contribution is -2.43. The first-order chi connectivity index (χ1) is 7.17. The molecule has 7 heteroatoms. The van der Waals surface area contributed by atoms with Crippen LogP contribution in [0.2, 0.25) is 0 Å². The summed E-state index contributed by atoms with van der Waals surface area (Å²) < 4.78 is 35.9. The third-order valence-corrected chi connectivity index (χ3v) is 2.10. The molecule has 0 bridgehead atoms. The first kappa shape index (κ1) is 14.7. The summed E-state index contributed by atoms with van der Waals surface area (Å²) in [6, 6.07) is -0.522. The van der Waals surface area contributed by atoms with E-state index in [1.807, 2.05) is 0 Å². The molecule has 0 aliphatic rings. The first-order valence-electron chi connectivity index (χ1n) is 4.75. The molecular formula is C9H14F3NO3. The van der Waals surface area contributed by atoms with E-state index in [0.717, 1.165) is 4.90 Å². The van der Waals surface area contributed by atoms with Crippen LogP contribution in [0, 0.1) is 0 Å². The molecule has 0 aromatic heterocycles. The van der Waals surface area contributed by atoms with Crippen LogP contribution in [0.25, 0.3) is 0 Å². The van der Waals surface area contributed by atoms with Crippen molar-refractivity contribution in [2.24, 2.45) is 0 Å². The van der Waals surface area contributed by atoms with Crippen LogP contribution in [0.1, 0.15) is 26.7 Å². The predicted octanol–water partition coefficient (Wildman–Crippen LogP) is 1.65. The third-order valence-electron chi connectivity index (χ3n) is 2.10. The number of nitrogens with zero attached hydrogens (tertiary/aromatic N) is 1. The second kappa shape index (κ2) is 5.72. The lowest BCUT2D eigenvalue weighted by atomic mass is 10.2. The maximum Gasteiger partial charge on any atom is 0.397 e. The lowest BCUT2D eigenvalue weighted by Gasteiger charge is -2.27. The summed E-state index contributed by atoms with van der Waals surface area (Å²) in [6.45, 7) is 2.47. The summed E-state index contributed by atoms with van der Waals surface area (Å²) in [6.07, 6.45) is -5.83. The maximum absolute atomic E-state index is 12.0. The smallest absolute Gasteiger partial charge is 0.397 e. The van der Waals surface area contributed by atoms with Crippen molar-refractivity contribution in [3.05, 3.63) is 0 Å². The number of carboxylic acid groups (broad SMARTS) is 1. The highest BCUT2D eigenvalue weighted by Gasteiger charge is 2.35. The van der Waals surface area contributed by atoms with E-state index < -0.39 is 37.1 Å². The van der Waals surface area contributed by atoms with Crippen LogP contribution in [-0.4, -0.2) is 40.6 Å². The summed E-state index contributed by atoms with van der Waals surface area (Å²) in [5, 5.41) is 8.50. The average Bonchev–Trinajstić information content (AvgIpc) is 2.09. The van der Waals surface area contributed by atoms with Crippen molar-refractivity contribution in [3.8, 4) is 0 Å². The molecule has 0 aromatic rings. The number of aliphatic carboxylic acids is 1. The van der Waals surface area contributed by atoms with Crippen molar-refractivity contribution >= 4 is 11.9 Å². The molecule has 1 N–H and O–H groups in total. The van der Waals surface area contributed by atoms with Crippen LogP contribution in [-0.2, 0) is 9.59 Å². The molecule has 0 radical (unpaired) electrons. The van der Waals surface area contributed by atoms with Gasteiger partial charge in [-0.25, -0.2) is 0 Å². The number of alkyl halides is 3. The van der Waals surface area contributed by atoms with Crippen LogP contribution in [0.5, 0.6) is 0 Å². The van der Waals surface area contributed by atoms with Gasteiger partial charge >= 0.3 is 12.1 Å². The Labute approximate surface area is 91.0 Å². The minimum absolute atomic E-state index is 0.400. The Kier molecular flexibility index (Phi) is 5.26. The Balaban J connectivity index is 4.63. The fourth-order valence-corrected chi connectivity index (χ4v) is 1.13. The molecule has 0 fully saturated rings. The van der Waals surface area contributed by atoms with Crippen molar-refractivity contribution in [3.63, 3.8) is 0 Å². The molecule has 16 heavy (non-hydrogen) atoms. The van der Waals surface area contributed by atoms with Crippen molar-refractivity contribution in [2.45, 2.75) is 38.9 Å². The second-order valence-electron chi connectivity index (χ2n) is 3.46. The zero-order valence-electron chi connectivity index (χ0n) is 9.04. The van der Waals surface area contributed by atoms with Crippen molar-refractivity contribution < 1.29 is 27.9 Å². The minimum atomic E-state index is -4.61. The molecule has 0 saturated heterocycles. The van der Waals surface area contributed by atoms with E-state index in [4.69, 9.17) is 5.11 Å². The normalized spacial score (nSPS) is 13.3. The van der Waals surface area contributed by atoms with E-state index in [2.05, 4.69) is 0 Å². The van der Waals surface area contributed by atoms with E-state index in [1.165, 1.54) is 6.92 Å². The molecule has 4 nitrogen and oxygen atoms in total. The van der Waals surface area contributed by atoms with E-state index in [9.17, 15) is 22.8 Å². The standard InChI is InChI=1S/C9H14F3NO3/c1-3-6(2)13(5-8(15)16)7(14)4-9(10,11)12/h6H,3-5H2,1-2H3,(H,15,16). The number of hydrogen-bond donors (Lipinski definition) is 1. The summed E-state index contributed by atoms with van der Waals surface area (Å²) in [7, 11) is 0. The number of carbonyl (C=O) groups excluding carboxylic acids is 1. The molecule has 1 amide bonds. The molecule has 94 valence electrons. The van der Waals surface area contributed by atoms with Gasteiger partial charge in [-0.15, -0.1) is 0 Å². The number of carbonyl (C=O) groups is 2. The molecular weight excluding hydrogens is 227 g/mol. The van der Waals surface area contributed by atoms with Gasteiger partial charge in [0.05, 0.1) is 0 Å². The van der Waals surface area contributed by atoms with Gasteiger partial charge in [0.15, 0.2) is 0 Å². The predicted molar refractivity (Wildman–Crippen MR) is 49.8 cm³/mol. The molecule has 0 spiro atoms. The van der Waals surface area contributed by atoms with Gasteiger partial charge in [0, 0.05) is 6.04 Å². The van der Waals surface area contributed by atoms with E-state index in [1.54, 1.807) is 6.92 Å². The quantitative estimate of drug-likeness (QED) is 0.796. The molecule has 1 atom stereocenters. The maximum atomic E-state index is 12.0. The summed E-state index contributed by atoms with van der Waals surface area (Å²) in [5.41, 5.74) is 0. The molecule has 0 aliphatic carbocycles. The fourth-order valence-electron chi connectivity index (χ4n) is 1.13. The zero-order chi connectivity index (χ0) is 12.9.